The van der Waals surface area contributed by atoms with Crippen molar-refractivity contribution >= 4 is 22.5 Å². The van der Waals surface area contributed by atoms with E-state index < -0.39 is 0 Å². The van der Waals surface area contributed by atoms with Crippen molar-refractivity contribution in [1.29, 1.82) is 0 Å². The van der Waals surface area contributed by atoms with Crippen molar-refractivity contribution in [3.05, 3.63) is 102 Å². The van der Waals surface area contributed by atoms with Crippen LogP contribution in [-0.4, -0.2) is 17.0 Å². The molecule has 1 aliphatic rings. The summed E-state index contributed by atoms with van der Waals surface area (Å²) < 4.78 is 16.0. The first-order valence-electron chi connectivity index (χ1n) is 9.44. The molecule has 0 radical (unpaired) electrons. The van der Waals surface area contributed by atoms with Crippen LogP contribution in [0, 0.1) is 5.82 Å². The third kappa shape index (κ3) is 2.69. The number of fused-ring (bicyclic) bond motifs is 3. The van der Waals surface area contributed by atoms with Crippen LogP contribution in [0.25, 0.3) is 10.9 Å². The minimum Gasteiger partial charge on any atom is -0.332 e. The largest absolute Gasteiger partial charge is 0.332 e. The van der Waals surface area contributed by atoms with Gasteiger partial charge in [-0.15, -0.1) is 0 Å². The maximum absolute atomic E-state index is 14.0. The molecule has 0 aliphatic carbocycles. The number of nitrogens with zero attached hydrogens (tertiary/aromatic N) is 2. The molecular formula is C24H19FN2O. The molecule has 0 atom stereocenters. The summed E-state index contributed by atoms with van der Waals surface area (Å²) in [6, 6.07) is 24.6. The summed E-state index contributed by atoms with van der Waals surface area (Å²) in [6.45, 7) is 1.17. The number of para-hydroxylation sites is 1. The average molecular weight is 370 g/mol. The Kier molecular flexibility index (Phi) is 3.97. The molecule has 28 heavy (non-hydrogen) atoms. The van der Waals surface area contributed by atoms with Crippen molar-refractivity contribution in [1.82, 2.24) is 4.57 Å². The lowest BCUT2D eigenvalue weighted by atomic mass is 10.0. The second-order valence-electron chi connectivity index (χ2n) is 7.10. The Balaban J connectivity index is 1.69. The number of hydrogen-bond donors (Lipinski definition) is 0. The second kappa shape index (κ2) is 6.64. The Morgan fingerprint density at radius 1 is 0.893 bits per heavy atom. The molecule has 0 saturated heterocycles. The average Bonchev–Trinajstić information content (AvgIpc) is 3.03. The molecule has 1 aliphatic heterocycles. The summed E-state index contributed by atoms with van der Waals surface area (Å²) in [4.78, 5) is 15.3. The van der Waals surface area contributed by atoms with Crippen molar-refractivity contribution in [2.24, 2.45) is 0 Å². The topological polar surface area (TPSA) is 25.2 Å². The molecule has 4 aromatic rings. The van der Waals surface area contributed by atoms with Crippen LogP contribution in [0.1, 0.15) is 21.6 Å². The lowest BCUT2D eigenvalue weighted by Gasteiger charge is -2.28. The van der Waals surface area contributed by atoms with Crippen molar-refractivity contribution in [2.75, 3.05) is 11.4 Å². The van der Waals surface area contributed by atoms with E-state index in [0.717, 1.165) is 27.7 Å². The maximum Gasteiger partial charge on any atom is 0.275 e. The van der Waals surface area contributed by atoms with Gasteiger partial charge in [-0.1, -0.05) is 48.5 Å². The summed E-state index contributed by atoms with van der Waals surface area (Å²) in [7, 11) is 0. The van der Waals surface area contributed by atoms with Crippen molar-refractivity contribution in [2.45, 2.75) is 13.0 Å². The summed E-state index contributed by atoms with van der Waals surface area (Å²) in [5.41, 5.74) is 4.51. The van der Waals surface area contributed by atoms with Gasteiger partial charge in [-0.25, -0.2) is 4.39 Å². The number of amides is 1. The Bertz CT molecular complexity index is 1170. The third-order valence-electron chi connectivity index (χ3n) is 5.41. The zero-order valence-electron chi connectivity index (χ0n) is 15.3. The van der Waals surface area contributed by atoms with Gasteiger partial charge < -0.3 is 9.47 Å². The van der Waals surface area contributed by atoms with E-state index in [1.165, 1.54) is 6.07 Å². The van der Waals surface area contributed by atoms with E-state index in [-0.39, 0.29) is 11.7 Å². The molecule has 4 heteroatoms. The van der Waals surface area contributed by atoms with Gasteiger partial charge in [-0.2, -0.15) is 0 Å². The highest BCUT2D eigenvalue weighted by atomic mass is 19.1. The molecule has 1 amide bonds. The Morgan fingerprint density at radius 3 is 2.36 bits per heavy atom. The predicted octanol–water partition coefficient (Wildman–Crippen LogP) is 5.03. The zero-order chi connectivity index (χ0) is 19.1. The van der Waals surface area contributed by atoms with Crippen LogP contribution < -0.4 is 4.90 Å². The molecule has 3 nitrogen and oxygen atoms in total. The van der Waals surface area contributed by atoms with E-state index in [0.29, 0.717) is 25.2 Å². The second-order valence-corrected chi connectivity index (χ2v) is 7.10. The highest BCUT2D eigenvalue weighted by Gasteiger charge is 2.31. The summed E-state index contributed by atoms with van der Waals surface area (Å²) in [5, 5.41) is 0.840. The molecule has 0 N–H and O–H groups in total. The van der Waals surface area contributed by atoms with Gasteiger partial charge >= 0.3 is 0 Å². The molecule has 3 aromatic carbocycles. The van der Waals surface area contributed by atoms with E-state index in [1.807, 2.05) is 70.1 Å². The van der Waals surface area contributed by atoms with Crippen LogP contribution in [-0.2, 0) is 13.0 Å². The number of halogens is 1. The molecule has 0 spiro atoms. The van der Waals surface area contributed by atoms with E-state index in [4.69, 9.17) is 0 Å². The molecular weight excluding hydrogens is 351 g/mol. The SMILES string of the molecule is O=C1c2c(c3cc(F)ccc3n2Cc2ccccc2)CCN1c1ccccc1. The quantitative estimate of drug-likeness (QED) is 0.496. The van der Waals surface area contributed by atoms with Gasteiger partial charge in [-0.3, -0.25) is 4.79 Å². The van der Waals surface area contributed by atoms with Gasteiger partial charge in [0, 0.05) is 29.7 Å². The van der Waals surface area contributed by atoms with Crippen LogP contribution in [0.4, 0.5) is 10.1 Å². The number of aromatic nitrogens is 1. The summed E-state index contributed by atoms with van der Waals surface area (Å²) in [6.07, 6.45) is 0.706. The first kappa shape index (κ1) is 16.8. The lowest BCUT2D eigenvalue weighted by molar-refractivity contribution is 0.0972. The van der Waals surface area contributed by atoms with Crippen molar-refractivity contribution in [3.8, 4) is 0 Å². The third-order valence-corrected chi connectivity index (χ3v) is 5.41. The smallest absolute Gasteiger partial charge is 0.275 e. The van der Waals surface area contributed by atoms with Crippen LogP contribution in [0.2, 0.25) is 0 Å². The number of anilines is 1. The van der Waals surface area contributed by atoms with E-state index in [1.54, 1.807) is 12.1 Å². The standard InChI is InChI=1S/C24H19FN2O/c25-18-11-12-22-21(15-18)20-13-14-26(19-9-5-2-6-10-19)24(28)23(20)27(22)16-17-7-3-1-4-8-17/h1-12,15H,13-14,16H2. The normalized spacial score (nSPS) is 13.8. The Morgan fingerprint density at radius 2 is 1.61 bits per heavy atom. The van der Waals surface area contributed by atoms with E-state index >= 15 is 0 Å². The lowest BCUT2D eigenvalue weighted by Crippen LogP contribution is -2.38. The highest BCUT2D eigenvalue weighted by molar-refractivity contribution is 6.11. The molecule has 5 rings (SSSR count). The van der Waals surface area contributed by atoms with Crippen LogP contribution in [0.5, 0.6) is 0 Å². The fourth-order valence-electron chi connectivity index (χ4n) is 4.13. The first-order valence-corrected chi connectivity index (χ1v) is 9.44. The van der Waals surface area contributed by atoms with Crippen molar-refractivity contribution < 1.29 is 9.18 Å². The van der Waals surface area contributed by atoms with E-state index in [2.05, 4.69) is 0 Å². The van der Waals surface area contributed by atoms with Gasteiger partial charge in [-0.05, 0) is 47.9 Å². The fraction of sp³-hybridized carbons (Fsp3) is 0.125. The molecule has 0 fully saturated rings. The first-order chi connectivity index (χ1) is 13.7. The van der Waals surface area contributed by atoms with Gasteiger partial charge in [0.25, 0.3) is 5.91 Å². The molecule has 2 heterocycles. The molecule has 0 saturated carbocycles. The predicted molar refractivity (Wildman–Crippen MR) is 109 cm³/mol. The fourth-order valence-corrected chi connectivity index (χ4v) is 4.13. The van der Waals surface area contributed by atoms with Crippen LogP contribution in [0.3, 0.4) is 0 Å². The highest BCUT2D eigenvalue weighted by Crippen LogP contribution is 2.33. The van der Waals surface area contributed by atoms with Gasteiger partial charge in [0.1, 0.15) is 11.5 Å². The van der Waals surface area contributed by atoms with Gasteiger partial charge in [0.15, 0.2) is 0 Å². The number of rotatable bonds is 3. The molecule has 0 bridgehead atoms. The zero-order valence-corrected chi connectivity index (χ0v) is 15.3. The molecule has 1 aromatic heterocycles. The summed E-state index contributed by atoms with van der Waals surface area (Å²) >= 11 is 0. The van der Waals surface area contributed by atoms with Gasteiger partial charge in [0.05, 0.1) is 0 Å². The molecule has 138 valence electrons. The Hall–Kier alpha value is -3.40. The van der Waals surface area contributed by atoms with Crippen LogP contribution >= 0.6 is 0 Å². The molecule has 0 unspecified atom stereocenters. The number of hydrogen-bond acceptors (Lipinski definition) is 1. The number of benzene rings is 3. The van der Waals surface area contributed by atoms with E-state index in [9.17, 15) is 9.18 Å². The minimum absolute atomic E-state index is 0.0278. The monoisotopic (exact) mass is 370 g/mol. The maximum atomic E-state index is 14.0. The van der Waals surface area contributed by atoms with Gasteiger partial charge in [0.2, 0.25) is 0 Å². The Labute approximate surface area is 162 Å². The van der Waals surface area contributed by atoms with Crippen molar-refractivity contribution in [3.63, 3.8) is 0 Å². The number of carbonyl (C=O) groups is 1. The number of carbonyl (C=O) groups excluding carboxylic acids is 1. The van der Waals surface area contributed by atoms with Crippen LogP contribution in [0.15, 0.2) is 78.9 Å². The summed E-state index contributed by atoms with van der Waals surface area (Å²) in [5.74, 6) is -0.301. The minimum atomic E-state index is -0.273.